The van der Waals surface area contributed by atoms with Crippen LogP contribution in [0.2, 0.25) is 0 Å². The lowest BCUT2D eigenvalue weighted by atomic mass is 9.71. The van der Waals surface area contributed by atoms with E-state index in [0.717, 1.165) is 18.4 Å². The summed E-state index contributed by atoms with van der Waals surface area (Å²) in [5.41, 5.74) is 1.56. The molecule has 0 spiro atoms. The summed E-state index contributed by atoms with van der Waals surface area (Å²) in [5, 5.41) is 16.4. The minimum atomic E-state index is -0.775. The lowest BCUT2D eigenvalue weighted by molar-refractivity contribution is 0.383. The van der Waals surface area contributed by atoms with E-state index >= 15 is 0 Å². The molecule has 0 aliphatic heterocycles. The fourth-order valence-electron chi connectivity index (χ4n) is 3.00. The number of hydrogen-bond acceptors (Lipinski definition) is 4. The SMILES string of the molecule is C=C1CC(C#N)C1.N#Cc1ncccc1F.[C-]#[N+]C1(c2ncccc2F)CC(=C)C1. The van der Waals surface area contributed by atoms with Gasteiger partial charge in [-0.25, -0.2) is 25.3 Å². The molecular formula is C23H19F2N5. The van der Waals surface area contributed by atoms with Gasteiger partial charge in [0.15, 0.2) is 23.0 Å². The van der Waals surface area contributed by atoms with Gasteiger partial charge in [0.25, 0.3) is 5.54 Å². The number of rotatable bonds is 1. The highest BCUT2D eigenvalue weighted by Gasteiger charge is 2.51. The first-order chi connectivity index (χ1) is 14.3. The summed E-state index contributed by atoms with van der Waals surface area (Å²) in [4.78, 5) is 10.9. The molecule has 0 aromatic carbocycles. The number of halogens is 2. The van der Waals surface area contributed by atoms with Crippen molar-refractivity contribution in [1.82, 2.24) is 9.97 Å². The van der Waals surface area contributed by atoms with E-state index in [2.05, 4.69) is 34.0 Å². The van der Waals surface area contributed by atoms with Crippen LogP contribution in [-0.2, 0) is 5.54 Å². The van der Waals surface area contributed by atoms with Crippen LogP contribution in [-0.4, -0.2) is 9.97 Å². The van der Waals surface area contributed by atoms with Crippen LogP contribution in [0.15, 0.2) is 61.0 Å². The molecule has 2 aliphatic rings. The van der Waals surface area contributed by atoms with Crippen molar-refractivity contribution in [3.63, 3.8) is 0 Å². The number of allylic oxidation sites excluding steroid dienone is 1. The summed E-state index contributed by atoms with van der Waals surface area (Å²) >= 11 is 0. The second-order valence-electron chi connectivity index (χ2n) is 7.01. The van der Waals surface area contributed by atoms with E-state index in [1.54, 1.807) is 6.07 Å². The van der Waals surface area contributed by atoms with E-state index in [0.29, 0.717) is 18.8 Å². The van der Waals surface area contributed by atoms with Crippen molar-refractivity contribution in [3.8, 4) is 12.1 Å². The number of nitrogens with zero attached hydrogens (tertiary/aromatic N) is 5. The number of pyridine rings is 2. The van der Waals surface area contributed by atoms with Crippen molar-refractivity contribution in [2.24, 2.45) is 5.92 Å². The topological polar surface area (TPSA) is 77.7 Å². The molecule has 7 heteroatoms. The molecule has 0 bridgehead atoms. The van der Waals surface area contributed by atoms with Gasteiger partial charge >= 0.3 is 0 Å². The predicted molar refractivity (Wildman–Crippen MR) is 107 cm³/mol. The molecule has 2 aromatic rings. The Morgan fingerprint density at radius 1 is 1.03 bits per heavy atom. The van der Waals surface area contributed by atoms with Crippen LogP contribution in [0.25, 0.3) is 4.85 Å². The molecule has 5 nitrogen and oxygen atoms in total. The van der Waals surface area contributed by atoms with Crippen molar-refractivity contribution < 1.29 is 8.78 Å². The second kappa shape index (κ2) is 10.0. The Morgan fingerprint density at radius 2 is 1.63 bits per heavy atom. The first-order valence-corrected chi connectivity index (χ1v) is 9.08. The van der Waals surface area contributed by atoms with Crippen LogP contribution in [0.5, 0.6) is 0 Å². The number of hydrogen-bond donors (Lipinski definition) is 0. The van der Waals surface area contributed by atoms with E-state index in [9.17, 15) is 8.78 Å². The van der Waals surface area contributed by atoms with Crippen LogP contribution >= 0.6 is 0 Å². The summed E-state index contributed by atoms with van der Waals surface area (Å²) in [6, 6.07) is 9.30. The molecule has 0 N–H and O–H groups in total. The lowest BCUT2D eigenvalue weighted by Crippen LogP contribution is -2.34. The minimum absolute atomic E-state index is 0.155. The zero-order chi connectivity index (χ0) is 22.1. The van der Waals surface area contributed by atoms with Gasteiger partial charge in [-0.2, -0.15) is 10.5 Å². The minimum Gasteiger partial charge on any atom is -0.303 e. The first-order valence-electron chi connectivity index (χ1n) is 9.08. The third-order valence-corrected chi connectivity index (χ3v) is 4.62. The average Bonchev–Trinajstić information content (AvgIpc) is 2.71. The third kappa shape index (κ3) is 5.34. The molecule has 2 fully saturated rings. The molecule has 4 rings (SSSR count). The molecular weight excluding hydrogens is 384 g/mol. The zero-order valence-corrected chi connectivity index (χ0v) is 16.3. The maximum atomic E-state index is 13.4. The highest BCUT2D eigenvalue weighted by molar-refractivity contribution is 5.35. The largest absolute Gasteiger partial charge is 0.303 e. The molecule has 2 aromatic heterocycles. The summed E-state index contributed by atoms with van der Waals surface area (Å²) in [6.45, 7) is 14.6. The summed E-state index contributed by atoms with van der Waals surface area (Å²) < 4.78 is 25.7. The van der Waals surface area contributed by atoms with Crippen molar-refractivity contribution in [3.05, 3.63) is 95.4 Å². The van der Waals surface area contributed by atoms with E-state index in [1.165, 1.54) is 42.2 Å². The fraction of sp³-hybridized carbons (Fsp3) is 0.261. The zero-order valence-electron chi connectivity index (χ0n) is 16.3. The van der Waals surface area contributed by atoms with Gasteiger partial charge in [0.05, 0.1) is 24.8 Å². The van der Waals surface area contributed by atoms with Gasteiger partial charge in [-0.1, -0.05) is 24.3 Å². The van der Waals surface area contributed by atoms with Gasteiger partial charge in [0.2, 0.25) is 0 Å². The predicted octanol–water partition coefficient (Wildman–Crippen LogP) is 5.25. The van der Waals surface area contributed by atoms with Crippen LogP contribution in [0.4, 0.5) is 8.78 Å². The third-order valence-electron chi connectivity index (χ3n) is 4.62. The van der Waals surface area contributed by atoms with E-state index in [4.69, 9.17) is 17.1 Å². The molecule has 150 valence electrons. The molecule has 0 amide bonds. The highest BCUT2D eigenvalue weighted by Crippen LogP contribution is 2.47. The van der Waals surface area contributed by atoms with Gasteiger partial charge in [-0.15, -0.1) is 0 Å². The molecule has 2 aliphatic carbocycles. The average molecular weight is 403 g/mol. The lowest BCUT2D eigenvalue weighted by Gasteiger charge is -2.31. The summed E-state index contributed by atoms with van der Waals surface area (Å²) in [5.74, 6) is -0.663. The molecule has 2 saturated carbocycles. The Morgan fingerprint density at radius 3 is 2.00 bits per heavy atom. The van der Waals surface area contributed by atoms with Gasteiger partial charge in [-0.05, 0) is 37.1 Å². The van der Waals surface area contributed by atoms with Crippen LogP contribution in [0.1, 0.15) is 37.1 Å². The Balaban J connectivity index is 0.000000173. The van der Waals surface area contributed by atoms with Crippen LogP contribution in [0.3, 0.4) is 0 Å². The van der Waals surface area contributed by atoms with Crippen molar-refractivity contribution in [2.75, 3.05) is 0 Å². The smallest absolute Gasteiger partial charge is 0.284 e. The molecule has 0 atom stereocenters. The molecule has 0 unspecified atom stereocenters. The van der Waals surface area contributed by atoms with Crippen LogP contribution < -0.4 is 0 Å². The number of nitriles is 2. The van der Waals surface area contributed by atoms with E-state index in [1.807, 2.05) is 0 Å². The van der Waals surface area contributed by atoms with Gasteiger partial charge in [0.1, 0.15) is 6.07 Å². The monoisotopic (exact) mass is 403 g/mol. The van der Waals surface area contributed by atoms with Crippen molar-refractivity contribution in [1.29, 1.82) is 10.5 Å². The maximum absolute atomic E-state index is 13.4. The van der Waals surface area contributed by atoms with Crippen LogP contribution in [0, 0.1) is 46.8 Å². The van der Waals surface area contributed by atoms with Gasteiger partial charge in [-0.3, -0.25) is 0 Å². The maximum Gasteiger partial charge on any atom is 0.284 e. The standard InChI is InChI=1S/C11H9FN2.C6H3FN2.C6H7N/c1-8-6-11(7-8,13-2)10-9(12)4-3-5-14-10;7-5-2-1-3-9-6(5)4-8;1-5-2-6(3-5)4-7/h3-5H,1,6-7H2;1-3H;6H,1-3H2. The quantitative estimate of drug-likeness (QED) is 0.481. The first kappa shape index (κ1) is 22.4. The van der Waals surface area contributed by atoms with E-state index in [-0.39, 0.29) is 11.4 Å². The summed E-state index contributed by atoms with van der Waals surface area (Å²) in [6.07, 6.45) is 5.84. The van der Waals surface area contributed by atoms with Crippen molar-refractivity contribution in [2.45, 2.75) is 31.2 Å². The Hall–Kier alpha value is -3.89. The molecule has 0 radical (unpaired) electrons. The highest BCUT2D eigenvalue weighted by atomic mass is 19.1. The van der Waals surface area contributed by atoms with Gasteiger partial charge in [0, 0.05) is 12.4 Å². The fourth-order valence-corrected chi connectivity index (χ4v) is 3.00. The normalized spacial score (nSPS) is 16.0. The van der Waals surface area contributed by atoms with Crippen molar-refractivity contribution >= 4 is 0 Å². The Labute approximate surface area is 174 Å². The Bertz CT molecular complexity index is 1060. The second-order valence-corrected chi connectivity index (χ2v) is 7.01. The molecule has 30 heavy (non-hydrogen) atoms. The number of aromatic nitrogens is 2. The molecule has 0 saturated heterocycles. The Kier molecular flexibility index (Phi) is 7.50. The summed E-state index contributed by atoms with van der Waals surface area (Å²) in [7, 11) is 0. The molecule has 2 heterocycles. The van der Waals surface area contributed by atoms with Gasteiger partial charge < -0.3 is 4.85 Å². The van der Waals surface area contributed by atoms with E-state index < -0.39 is 17.2 Å².